The van der Waals surface area contributed by atoms with Crippen LogP contribution in [0.3, 0.4) is 0 Å². The van der Waals surface area contributed by atoms with Gasteiger partial charge >= 0.3 is 5.97 Å². The van der Waals surface area contributed by atoms with Crippen LogP contribution >= 0.6 is 0 Å². The third-order valence-corrected chi connectivity index (χ3v) is 3.17. The lowest BCUT2D eigenvalue weighted by molar-refractivity contribution is 0.0696. The van der Waals surface area contributed by atoms with Crippen LogP contribution in [0, 0.1) is 13.8 Å². The number of hydrogen-bond acceptors (Lipinski definition) is 3. The zero-order valence-corrected chi connectivity index (χ0v) is 11.0. The van der Waals surface area contributed by atoms with E-state index in [1.165, 1.54) is 5.57 Å². The Morgan fingerprint density at radius 1 is 1.39 bits per heavy atom. The summed E-state index contributed by atoms with van der Waals surface area (Å²) in [5, 5.41) is 9.35. The van der Waals surface area contributed by atoms with Crippen LogP contribution in [0.2, 0.25) is 0 Å². The number of carbonyl (C=O) groups is 1. The molecule has 18 heavy (non-hydrogen) atoms. The van der Waals surface area contributed by atoms with Gasteiger partial charge in [-0.15, -0.1) is 0 Å². The van der Waals surface area contributed by atoms with Crippen LogP contribution in [0.5, 0.6) is 0 Å². The topological polar surface area (TPSA) is 53.4 Å². The van der Waals surface area contributed by atoms with E-state index < -0.39 is 5.97 Å². The first kappa shape index (κ1) is 12.6. The van der Waals surface area contributed by atoms with Crippen LogP contribution < -0.4 is 4.90 Å². The van der Waals surface area contributed by atoms with Crippen molar-refractivity contribution in [3.05, 3.63) is 34.5 Å². The molecular weight excluding hydrogens is 228 g/mol. The molecule has 0 radical (unpaired) electrons. The zero-order chi connectivity index (χ0) is 13.3. The van der Waals surface area contributed by atoms with Crippen molar-refractivity contribution < 1.29 is 9.90 Å². The molecule has 96 valence electrons. The monoisotopic (exact) mass is 246 g/mol. The van der Waals surface area contributed by atoms with Crippen LogP contribution in [-0.2, 0) is 0 Å². The highest BCUT2D eigenvalue weighted by atomic mass is 16.4. The lowest BCUT2D eigenvalue weighted by Gasteiger charge is -2.29. The van der Waals surface area contributed by atoms with Crippen molar-refractivity contribution in [3.8, 4) is 0 Å². The van der Waals surface area contributed by atoms with E-state index in [0.29, 0.717) is 11.4 Å². The van der Waals surface area contributed by atoms with Crippen molar-refractivity contribution in [2.75, 3.05) is 18.0 Å². The van der Waals surface area contributed by atoms with Gasteiger partial charge in [-0.05, 0) is 38.8 Å². The molecule has 0 amide bonds. The summed E-state index contributed by atoms with van der Waals surface area (Å²) in [4.78, 5) is 17.9. The largest absolute Gasteiger partial charge is 0.478 e. The summed E-state index contributed by atoms with van der Waals surface area (Å²) >= 11 is 0. The Morgan fingerprint density at radius 3 is 2.72 bits per heavy atom. The number of rotatable bonds is 2. The summed E-state index contributed by atoms with van der Waals surface area (Å²) in [6.07, 6.45) is 3.14. The van der Waals surface area contributed by atoms with Gasteiger partial charge in [0.1, 0.15) is 11.4 Å². The molecule has 0 saturated heterocycles. The summed E-state index contributed by atoms with van der Waals surface area (Å²) in [5.41, 5.74) is 3.23. The van der Waals surface area contributed by atoms with Gasteiger partial charge in [-0.2, -0.15) is 0 Å². The quantitative estimate of drug-likeness (QED) is 0.815. The lowest BCUT2D eigenvalue weighted by Crippen LogP contribution is -2.32. The Balaban J connectivity index is 2.49. The van der Waals surface area contributed by atoms with Gasteiger partial charge in [0, 0.05) is 18.8 Å². The van der Waals surface area contributed by atoms with E-state index in [2.05, 4.69) is 22.9 Å². The van der Waals surface area contributed by atoms with E-state index in [9.17, 15) is 9.90 Å². The molecular formula is C14H18N2O2. The van der Waals surface area contributed by atoms with Crippen molar-refractivity contribution in [1.29, 1.82) is 0 Å². The molecule has 0 unspecified atom stereocenters. The molecule has 1 N–H and O–H groups in total. The van der Waals surface area contributed by atoms with Crippen LogP contribution in [-0.4, -0.2) is 29.1 Å². The Hall–Kier alpha value is -1.84. The van der Waals surface area contributed by atoms with E-state index in [0.717, 1.165) is 30.8 Å². The minimum absolute atomic E-state index is 0.329. The second kappa shape index (κ2) is 4.80. The summed E-state index contributed by atoms with van der Waals surface area (Å²) < 4.78 is 0. The maximum Gasteiger partial charge on any atom is 0.339 e. The summed E-state index contributed by atoms with van der Waals surface area (Å²) in [6.45, 7) is 7.38. The molecule has 0 bridgehead atoms. The van der Waals surface area contributed by atoms with E-state index in [-0.39, 0.29) is 0 Å². The molecule has 2 rings (SSSR count). The van der Waals surface area contributed by atoms with Gasteiger partial charge in [0.15, 0.2) is 0 Å². The first-order chi connectivity index (χ1) is 8.49. The second-order valence-corrected chi connectivity index (χ2v) is 4.85. The number of aryl methyl sites for hydroxylation is 2. The molecule has 1 aliphatic heterocycles. The molecule has 1 aromatic rings. The fourth-order valence-electron chi connectivity index (χ4n) is 2.40. The van der Waals surface area contributed by atoms with E-state index in [1.54, 1.807) is 0 Å². The zero-order valence-electron chi connectivity index (χ0n) is 11.0. The third kappa shape index (κ3) is 2.37. The van der Waals surface area contributed by atoms with Crippen LogP contribution in [0.15, 0.2) is 17.7 Å². The van der Waals surface area contributed by atoms with Gasteiger partial charge in [0.2, 0.25) is 0 Å². The Labute approximate surface area is 107 Å². The van der Waals surface area contributed by atoms with Crippen molar-refractivity contribution >= 4 is 11.8 Å². The number of pyridine rings is 1. The van der Waals surface area contributed by atoms with Crippen molar-refractivity contribution in [2.45, 2.75) is 27.2 Å². The van der Waals surface area contributed by atoms with E-state index >= 15 is 0 Å². The predicted octanol–water partition coefficient (Wildman–Crippen LogP) is 2.55. The molecule has 4 nitrogen and oxygen atoms in total. The highest BCUT2D eigenvalue weighted by Gasteiger charge is 2.21. The molecule has 0 fully saturated rings. The highest BCUT2D eigenvalue weighted by molar-refractivity contribution is 5.95. The molecule has 0 aromatic carbocycles. The van der Waals surface area contributed by atoms with Gasteiger partial charge in [0.05, 0.1) is 0 Å². The third-order valence-electron chi connectivity index (χ3n) is 3.17. The number of anilines is 1. The van der Waals surface area contributed by atoms with Gasteiger partial charge < -0.3 is 10.0 Å². The number of nitrogens with zero attached hydrogens (tertiary/aromatic N) is 2. The van der Waals surface area contributed by atoms with Crippen LogP contribution in [0.4, 0.5) is 5.82 Å². The second-order valence-electron chi connectivity index (χ2n) is 4.85. The average Bonchev–Trinajstić information content (AvgIpc) is 2.27. The van der Waals surface area contributed by atoms with Crippen LogP contribution in [0.25, 0.3) is 0 Å². The number of aromatic nitrogens is 1. The molecule has 2 heterocycles. The minimum atomic E-state index is -0.901. The molecule has 1 aromatic heterocycles. The molecule has 0 spiro atoms. The number of hydrogen-bond donors (Lipinski definition) is 1. The number of carboxylic acid groups (broad SMARTS) is 1. The lowest BCUT2D eigenvalue weighted by atomic mass is 10.1. The van der Waals surface area contributed by atoms with E-state index in [4.69, 9.17) is 0 Å². The fraction of sp³-hybridized carbons (Fsp3) is 0.429. The molecule has 0 saturated carbocycles. The van der Waals surface area contributed by atoms with Crippen molar-refractivity contribution in [1.82, 2.24) is 4.98 Å². The fourth-order valence-corrected chi connectivity index (χ4v) is 2.40. The summed E-state index contributed by atoms with van der Waals surface area (Å²) in [7, 11) is 0. The summed E-state index contributed by atoms with van der Waals surface area (Å²) in [5.74, 6) is -0.297. The Kier molecular flexibility index (Phi) is 3.36. The van der Waals surface area contributed by atoms with E-state index in [1.807, 2.05) is 19.9 Å². The first-order valence-corrected chi connectivity index (χ1v) is 6.11. The predicted molar refractivity (Wildman–Crippen MR) is 71.3 cm³/mol. The first-order valence-electron chi connectivity index (χ1n) is 6.11. The van der Waals surface area contributed by atoms with Gasteiger partial charge in [-0.3, -0.25) is 0 Å². The SMILES string of the molecule is CC1=CCCN(c2nc(C)cc(C)c2C(=O)O)C1. The number of carboxylic acids is 1. The van der Waals surface area contributed by atoms with Gasteiger partial charge in [-0.25, -0.2) is 9.78 Å². The van der Waals surface area contributed by atoms with Gasteiger partial charge in [-0.1, -0.05) is 11.6 Å². The summed E-state index contributed by atoms with van der Waals surface area (Å²) in [6, 6.07) is 1.82. The van der Waals surface area contributed by atoms with Crippen LogP contribution in [0.1, 0.15) is 35.0 Å². The van der Waals surface area contributed by atoms with Crippen molar-refractivity contribution in [3.63, 3.8) is 0 Å². The average molecular weight is 246 g/mol. The maximum atomic E-state index is 11.4. The molecule has 0 atom stereocenters. The standard InChI is InChI=1S/C14H18N2O2/c1-9-5-4-6-16(8-9)13-12(14(17)18)10(2)7-11(3)15-13/h5,7H,4,6,8H2,1-3H3,(H,17,18). The van der Waals surface area contributed by atoms with Crippen molar-refractivity contribution in [2.24, 2.45) is 0 Å². The molecule has 0 aliphatic carbocycles. The highest BCUT2D eigenvalue weighted by Crippen LogP contribution is 2.25. The normalized spacial score (nSPS) is 15.5. The minimum Gasteiger partial charge on any atom is -0.478 e. The maximum absolute atomic E-state index is 11.4. The smallest absolute Gasteiger partial charge is 0.339 e. The molecule has 4 heteroatoms. The number of aromatic carboxylic acids is 1. The Morgan fingerprint density at radius 2 is 2.11 bits per heavy atom. The Bertz CT molecular complexity index is 521. The van der Waals surface area contributed by atoms with Gasteiger partial charge in [0.25, 0.3) is 0 Å². The molecule has 1 aliphatic rings.